The van der Waals surface area contributed by atoms with E-state index in [4.69, 9.17) is 9.47 Å². The fraction of sp³-hybridized carbons (Fsp3) is 0.538. The molecule has 0 aliphatic carbocycles. The maximum Gasteiger partial charge on any atom is 0.121 e. The standard InChI is InChI=1S/C13H18N2O2/c1-15-12-4-3-10(16-2)5-11(12)14-6-9-7-17-8-13(9)15/h3-5,9,13-14H,6-8H2,1-2H3. The van der Waals surface area contributed by atoms with E-state index in [1.54, 1.807) is 7.11 Å². The fourth-order valence-corrected chi connectivity index (χ4v) is 2.72. The molecule has 3 rings (SSSR count). The van der Waals surface area contributed by atoms with Crippen molar-refractivity contribution in [3.05, 3.63) is 18.2 Å². The van der Waals surface area contributed by atoms with Crippen LogP contribution in [0.5, 0.6) is 5.75 Å². The summed E-state index contributed by atoms with van der Waals surface area (Å²) in [6.45, 7) is 2.65. The molecule has 2 unspecified atom stereocenters. The zero-order valence-corrected chi connectivity index (χ0v) is 10.3. The molecule has 0 spiro atoms. The van der Waals surface area contributed by atoms with Crippen LogP contribution in [-0.4, -0.2) is 40.0 Å². The maximum absolute atomic E-state index is 5.57. The molecule has 1 aromatic rings. The number of nitrogens with zero attached hydrogens (tertiary/aromatic N) is 1. The molecule has 4 nitrogen and oxygen atoms in total. The lowest BCUT2D eigenvalue weighted by Gasteiger charge is -2.27. The zero-order chi connectivity index (χ0) is 11.8. The molecule has 0 radical (unpaired) electrons. The Balaban J connectivity index is 1.98. The number of methoxy groups -OCH3 is 1. The molecule has 0 amide bonds. The van der Waals surface area contributed by atoms with E-state index in [0.29, 0.717) is 12.0 Å². The van der Waals surface area contributed by atoms with Gasteiger partial charge in [0.2, 0.25) is 0 Å². The summed E-state index contributed by atoms with van der Waals surface area (Å²) in [5.74, 6) is 1.46. The van der Waals surface area contributed by atoms with E-state index in [1.165, 1.54) is 5.69 Å². The lowest BCUT2D eigenvalue weighted by molar-refractivity contribution is 0.185. The molecule has 0 saturated carbocycles. The van der Waals surface area contributed by atoms with Crippen LogP contribution in [0.2, 0.25) is 0 Å². The minimum absolute atomic E-state index is 0.483. The molecule has 17 heavy (non-hydrogen) atoms. The average Bonchev–Trinajstić information content (AvgIpc) is 2.79. The molecule has 1 N–H and O–H groups in total. The van der Waals surface area contributed by atoms with Gasteiger partial charge in [-0.2, -0.15) is 0 Å². The van der Waals surface area contributed by atoms with Crippen molar-refractivity contribution in [3.63, 3.8) is 0 Å². The third-order valence-corrected chi connectivity index (χ3v) is 3.80. The molecule has 0 aromatic heterocycles. The first-order chi connectivity index (χ1) is 8.29. The van der Waals surface area contributed by atoms with Gasteiger partial charge in [0.05, 0.1) is 37.7 Å². The van der Waals surface area contributed by atoms with Crippen LogP contribution in [-0.2, 0) is 4.74 Å². The van der Waals surface area contributed by atoms with Crippen LogP contribution in [0.4, 0.5) is 11.4 Å². The molecule has 1 fully saturated rings. The Morgan fingerprint density at radius 3 is 3.12 bits per heavy atom. The summed E-state index contributed by atoms with van der Waals surface area (Å²) in [7, 11) is 3.84. The molecule has 2 atom stereocenters. The molecule has 2 aliphatic heterocycles. The summed E-state index contributed by atoms with van der Waals surface area (Å²) >= 11 is 0. The number of anilines is 2. The predicted molar refractivity (Wildman–Crippen MR) is 68.0 cm³/mol. The van der Waals surface area contributed by atoms with Crippen LogP contribution in [0.3, 0.4) is 0 Å². The maximum atomic E-state index is 5.57. The number of nitrogens with one attached hydrogen (secondary N) is 1. The highest BCUT2D eigenvalue weighted by molar-refractivity contribution is 5.73. The molecule has 2 heterocycles. The number of fused-ring (bicyclic) bond motifs is 2. The first-order valence-corrected chi connectivity index (χ1v) is 6.02. The first-order valence-electron chi connectivity index (χ1n) is 6.02. The Morgan fingerprint density at radius 2 is 2.29 bits per heavy atom. The summed E-state index contributed by atoms with van der Waals surface area (Å²) in [6.07, 6.45) is 0. The van der Waals surface area contributed by atoms with Crippen LogP contribution in [0.25, 0.3) is 0 Å². The lowest BCUT2D eigenvalue weighted by Crippen LogP contribution is -2.37. The quantitative estimate of drug-likeness (QED) is 0.799. The van der Waals surface area contributed by atoms with Crippen molar-refractivity contribution in [3.8, 4) is 5.75 Å². The number of hydrogen-bond acceptors (Lipinski definition) is 4. The number of hydrogen-bond donors (Lipinski definition) is 1. The molecule has 1 aromatic carbocycles. The van der Waals surface area contributed by atoms with E-state index >= 15 is 0 Å². The van der Waals surface area contributed by atoms with Gasteiger partial charge in [0.25, 0.3) is 0 Å². The van der Waals surface area contributed by atoms with Crippen molar-refractivity contribution >= 4 is 11.4 Å². The predicted octanol–water partition coefficient (Wildman–Crippen LogP) is 1.57. The Labute approximate surface area is 102 Å². The second-order valence-corrected chi connectivity index (χ2v) is 4.74. The van der Waals surface area contributed by atoms with E-state index in [9.17, 15) is 0 Å². The Bertz CT molecular complexity index is 422. The van der Waals surface area contributed by atoms with Gasteiger partial charge in [-0.25, -0.2) is 0 Å². The molecule has 92 valence electrons. The van der Waals surface area contributed by atoms with Gasteiger partial charge in [0.15, 0.2) is 0 Å². The van der Waals surface area contributed by atoms with E-state index in [-0.39, 0.29) is 0 Å². The second kappa shape index (κ2) is 4.11. The van der Waals surface area contributed by atoms with Crippen LogP contribution in [0, 0.1) is 5.92 Å². The monoisotopic (exact) mass is 234 g/mol. The number of likely N-dealkylation sites (N-methyl/N-ethyl adjacent to an activating group) is 1. The third kappa shape index (κ3) is 1.72. The second-order valence-electron chi connectivity index (χ2n) is 4.74. The van der Waals surface area contributed by atoms with Gasteiger partial charge >= 0.3 is 0 Å². The van der Waals surface area contributed by atoms with Gasteiger partial charge in [-0.1, -0.05) is 0 Å². The molecule has 0 bridgehead atoms. The van der Waals surface area contributed by atoms with Gasteiger partial charge in [-0.15, -0.1) is 0 Å². The Hall–Kier alpha value is -1.42. The average molecular weight is 234 g/mol. The number of benzene rings is 1. The molecular formula is C13H18N2O2. The lowest BCUT2D eigenvalue weighted by atomic mass is 10.0. The van der Waals surface area contributed by atoms with Gasteiger partial charge in [-0.3, -0.25) is 0 Å². The van der Waals surface area contributed by atoms with Crippen molar-refractivity contribution in [2.75, 3.05) is 44.1 Å². The van der Waals surface area contributed by atoms with E-state index in [2.05, 4.69) is 29.4 Å². The number of rotatable bonds is 1. The van der Waals surface area contributed by atoms with Crippen LogP contribution in [0.1, 0.15) is 0 Å². The van der Waals surface area contributed by atoms with Crippen molar-refractivity contribution in [1.29, 1.82) is 0 Å². The molecule has 4 heteroatoms. The third-order valence-electron chi connectivity index (χ3n) is 3.80. The SMILES string of the molecule is COc1ccc2c(c1)NCC1COCC1N2C. The fourth-order valence-electron chi connectivity index (χ4n) is 2.72. The minimum Gasteiger partial charge on any atom is -0.497 e. The molecule has 1 saturated heterocycles. The highest BCUT2D eigenvalue weighted by Crippen LogP contribution is 2.36. The topological polar surface area (TPSA) is 33.7 Å². The summed E-state index contributed by atoms with van der Waals surface area (Å²) in [5.41, 5.74) is 2.38. The van der Waals surface area contributed by atoms with E-state index in [0.717, 1.165) is 31.2 Å². The van der Waals surface area contributed by atoms with Crippen LogP contribution < -0.4 is 15.0 Å². The summed E-state index contributed by atoms with van der Waals surface area (Å²) in [4.78, 5) is 2.33. The van der Waals surface area contributed by atoms with Crippen molar-refractivity contribution < 1.29 is 9.47 Å². The van der Waals surface area contributed by atoms with Gasteiger partial charge < -0.3 is 19.7 Å². The Morgan fingerprint density at radius 1 is 1.41 bits per heavy atom. The van der Waals surface area contributed by atoms with Gasteiger partial charge in [0, 0.05) is 25.6 Å². The smallest absolute Gasteiger partial charge is 0.121 e. The first kappa shape index (κ1) is 10.7. The van der Waals surface area contributed by atoms with Crippen molar-refractivity contribution in [1.82, 2.24) is 0 Å². The molecule has 2 aliphatic rings. The summed E-state index contributed by atoms with van der Waals surface area (Å²) < 4.78 is 10.8. The largest absolute Gasteiger partial charge is 0.497 e. The molecular weight excluding hydrogens is 216 g/mol. The van der Waals surface area contributed by atoms with Crippen molar-refractivity contribution in [2.45, 2.75) is 6.04 Å². The summed E-state index contributed by atoms with van der Waals surface area (Å²) in [5, 5.41) is 3.50. The highest BCUT2D eigenvalue weighted by Gasteiger charge is 2.34. The van der Waals surface area contributed by atoms with E-state index in [1.807, 2.05) is 6.07 Å². The number of ether oxygens (including phenoxy) is 2. The highest BCUT2D eigenvalue weighted by atomic mass is 16.5. The zero-order valence-electron chi connectivity index (χ0n) is 10.3. The van der Waals surface area contributed by atoms with Crippen LogP contribution in [0.15, 0.2) is 18.2 Å². The van der Waals surface area contributed by atoms with Gasteiger partial charge in [0.1, 0.15) is 5.75 Å². The Kier molecular flexibility index (Phi) is 2.59. The normalized spacial score (nSPS) is 26.8. The summed E-state index contributed by atoms with van der Waals surface area (Å²) in [6, 6.07) is 6.67. The van der Waals surface area contributed by atoms with Gasteiger partial charge in [-0.05, 0) is 12.1 Å². The minimum atomic E-state index is 0.483. The van der Waals surface area contributed by atoms with Crippen molar-refractivity contribution in [2.24, 2.45) is 5.92 Å². The van der Waals surface area contributed by atoms with E-state index < -0.39 is 0 Å². The van der Waals surface area contributed by atoms with Crippen LogP contribution >= 0.6 is 0 Å².